The molecule has 0 unspecified atom stereocenters. The molecule has 0 radical (unpaired) electrons. The summed E-state index contributed by atoms with van der Waals surface area (Å²) in [5.74, 6) is 2.04. The highest BCUT2D eigenvalue weighted by Crippen LogP contribution is 2.23. The summed E-state index contributed by atoms with van der Waals surface area (Å²) in [6, 6.07) is 13.3. The van der Waals surface area contributed by atoms with Crippen LogP contribution in [0, 0.1) is 0 Å². The van der Waals surface area contributed by atoms with E-state index in [9.17, 15) is 4.79 Å². The molecule has 0 saturated heterocycles. The van der Waals surface area contributed by atoms with Crippen LogP contribution >= 0.6 is 0 Å². The lowest BCUT2D eigenvalue weighted by Crippen LogP contribution is -2.23. The number of ether oxygens (including phenoxy) is 3. The first-order valence-corrected chi connectivity index (χ1v) is 7.96. The second-order valence-corrected chi connectivity index (χ2v) is 5.37. The van der Waals surface area contributed by atoms with E-state index in [-0.39, 0.29) is 5.91 Å². The van der Waals surface area contributed by atoms with E-state index in [2.05, 4.69) is 5.32 Å². The third kappa shape index (κ3) is 5.88. The zero-order valence-electron chi connectivity index (χ0n) is 14.7. The summed E-state index contributed by atoms with van der Waals surface area (Å²) in [6.45, 7) is 0.566. The molecule has 2 rings (SSSR count). The topological polar surface area (TPSA) is 56.8 Å². The molecular formula is C20H23NO4. The van der Waals surface area contributed by atoms with Gasteiger partial charge in [0.15, 0.2) is 0 Å². The first-order valence-electron chi connectivity index (χ1n) is 7.96. The van der Waals surface area contributed by atoms with E-state index in [1.54, 1.807) is 33.5 Å². The molecule has 2 aromatic rings. The van der Waals surface area contributed by atoms with Gasteiger partial charge in [-0.1, -0.05) is 12.1 Å². The van der Waals surface area contributed by atoms with E-state index in [4.69, 9.17) is 14.2 Å². The lowest BCUT2D eigenvalue weighted by atomic mass is 10.1. The maximum atomic E-state index is 11.9. The number of amides is 1. The van der Waals surface area contributed by atoms with Gasteiger partial charge in [0.25, 0.3) is 0 Å². The molecular weight excluding hydrogens is 318 g/mol. The van der Waals surface area contributed by atoms with Gasteiger partial charge in [-0.25, -0.2) is 0 Å². The van der Waals surface area contributed by atoms with Gasteiger partial charge >= 0.3 is 0 Å². The number of hydrogen-bond donors (Lipinski definition) is 1. The molecule has 0 atom stereocenters. The Labute approximate surface area is 148 Å². The van der Waals surface area contributed by atoms with E-state index in [1.165, 1.54) is 6.08 Å². The fourth-order valence-corrected chi connectivity index (χ4v) is 2.28. The zero-order valence-corrected chi connectivity index (χ0v) is 14.7. The fraction of sp³-hybridized carbons (Fsp3) is 0.250. The smallest absolute Gasteiger partial charge is 0.244 e. The van der Waals surface area contributed by atoms with E-state index in [1.807, 2.05) is 36.4 Å². The number of methoxy groups -OCH3 is 3. The molecule has 25 heavy (non-hydrogen) atoms. The molecule has 0 saturated carbocycles. The van der Waals surface area contributed by atoms with Crippen LogP contribution in [0.5, 0.6) is 17.2 Å². The third-order valence-corrected chi connectivity index (χ3v) is 3.67. The van der Waals surface area contributed by atoms with Crippen LogP contribution in [-0.4, -0.2) is 33.8 Å². The van der Waals surface area contributed by atoms with Gasteiger partial charge in [0.1, 0.15) is 17.2 Å². The molecule has 2 aromatic carbocycles. The summed E-state index contributed by atoms with van der Waals surface area (Å²) in [6.07, 6.45) is 3.99. The van der Waals surface area contributed by atoms with Gasteiger partial charge in [0.2, 0.25) is 5.91 Å². The number of benzene rings is 2. The van der Waals surface area contributed by atoms with E-state index < -0.39 is 0 Å². The Bertz CT molecular complexity index is 701. The van der Waals surface area contributed by atoms with Crippen molar-refractivity contribution in [3.8, 4) is 17.2 Å². The average Bonchev–Trinajstić information content (AvgIpc) is 2.66. The average molecular weight is 341 g/mol. The molecule has 0 aromatic heterocycles. The summed E-state index contributed by atoms with van der Waals surface area (Å²) in [5.41, 5.74) is 1.98. The molecule has 1 N–H and O–H groups in total. The van der Waals surface area contributed by atoms with Gasteiger partial charge in [0, 0.05) is 18.7 Å². The highest BCUT2D eigenvalue weighted by atomic mass is 16.5. The Hall–Kier alpha value is -2.95. The minimum atomic E-state index is -0.143. The molecule has 0 fully saturated rings. The Morgan fingerprint density at radius 1 is 0.920 bits per heavy atom. The predicted molar refractivity (Wildman–Crippen MR) is 98.3 cm³/mol. The molecule has 5 nitrogen and oxygen atoms in total. The van der Waals surface area contributed by atoms with Crippen molar-refractivity contribution in [2.75, 3.05) is 27.9 Å². The van der Waals surface area contributed by atoms with Crippen molar-refractivity contribution >= 4 is 12.0 Å². The quantitative estimate of drug-likeness (QED) is 0.750. The van der Waals surface area contributed by atoms with Crippen molar-refractivity contribution in [3.05, 3.63) is 59.7 Å². The van der Waals surface area contributed by atoms with Crippen molar-refractivity contribution in [1.29, 1.82) is 0 Å². The van der Waals surface area contributed by atoms with Crippen molar-refractivity contribution in [2.45, 2.75) is 6.42 Å². The van der Waals surface area contributed by atoms with Gasteiger partial charge in [-0.3, -0.25) is 4.79 Å². The van der Waals surface area contributed by atoms with Crippen molar-refractivity contribution in [3.63, 3.8) is 0 Å². The van der Waals surface area contributed by atoms with E-state index in [0.29, 0.717) is 18.0 Å². The molecule has 0 spiro atoms. The van der Waals surface area contributed by atoms with Gasteiger partial charge in [-0.05, 0) is 47.9 Å². The fourth-order valence-electron chi connectivity index (χ4n) is 2.28. The number of carbonyl (C=O) groups excluding carboxylic acids is 1. The van der Waals surface area contributed by atoms with Crippen LogP contribution in [0.1, 0.15) is 11.1 Å². The van der Waals surface area contributed by atoms with Gasteiger partial charge < -0.3 is 19.5 Å². The van der Waals surface area contributed by atoms with Crippen LogP contribution in [0.4, 0.5) is 0 Å². The van der Waals surface area contributed by atoms with Crippen LogP contribution < -0.4 is 19.5 Å². The minimum Gasteiger partial charge on any atom is -0.497 e. The monoisotopic (exact) mass is 341 g/mol. The van der Waals surface area contributed by atoms with Gasteiger partial charge in [0.05, 0.1) is 21.3 Å². The van der Waals surface area contributed by atoms with Crippen molar-refractivity contribution in [2.24, 2.45) is 0 Å². The van der Waals surface area contributed by atoms with Gasteiger partial charge in [-0.2, -0.15) is 0 Å². The first-order chi connectivity index (χ1) is 12.1. The minimum absolute atomic E-state index is 0.143. The normalized spacial score (nSPS) is 10.5. The maximum Gasteiger partial charge on any atom is 0.244 e. The zero-order chi connectivity index (χ0) is 18.1. The maximum absolute atomic E-state index is 11.9. The number of hydrogen-bond acceptors (Lipinski definition) is 4. The Kier molecular flexibility index (Phi) is 6.89. The summed E-state index contributed by atoms with van der Waals surface area (Å²) < 4.78 is 15.5. The van der Waals surface area contributed by atoms with Gasteiger partial charge in [-0.15, -0.1) is 0 Å². The summed E-state index contributed by atoms with van der Waals surface area (Å²) in [7, 11) is 4.82. The molecule has 5 heteroatoms. The Balaban J connectivity index is 1.85. The largest absolute Gasteiger partial charge is 0.497 e. The molecule has 0 bridgehead atoms. The van der Waals surface area contributed by atoms with E-state index in [0.717, 1.165) is 23.3 Å². The first kappa shape index (κ1) is 18.4. The molecule has 0 heterocycles. The molecule has 1 amide bonds. The highest BCUT2D eigenvalue weighted by molar-refractivity contribution is 5.91. The second-order valence-electron chi connectivity index (χ2n) is 5.37. The summed E-state index contributed by atoms with van der Waals surface area (Å²) in [4.78, 5) is 11.9. The predicted octanol–water partition coefficient (Wildman–Crippen LogP) is 3.08. The summed E-state index contributed by atoms with van der Waals surface area (Å²) >= 11 is 0. The van der Waals surface area contributed by atoms with Crippen LogP contribution in [0.3, 0.4) is 0 Å². The number of rotatable bonds is 8. The second kappa shape index (κ2) is 9.37. The summed E-state index contributed by atoms with van der Waals surface area (Å²) in [5, 5.41) is 2.87. The van der Waals surface area contributed by atoms with Crippen molar-refractivity contribution < 1.29 is 19.0 Å². The van der Waals surface area contributed by atoms with Crippen LogP contribution in [0.15, 0.2) is 48.5 Å². The lowest BCUT2D eigenvalue weighted by molar-refractivity contribution is -0.116. The molecule has 0 aliphatic carbocycles. The molecule has 0 aliphatic heterocycles. The van der Waals surface area contributed by atoms with Crippen LogP contribution in [0.25, 0.3) is 6.08 Å². The number of carbonyl (C=O) groups is 1. The highest BCUT2D eigenvalue weighted by Gasteiger charge is 2.01. The standard InChI is InChI=1S/C20H23NO4/c1-23-17-7-4-15(5-8-17)10-11-21-20(22)9-6-16-12-18(24-2)14-19(13-16)25-3/h4-9,12-14H,10-11H2,1-3H3,(H,21,22)/b9-6+. The Morgan fingerprint density at radius 2 is 1.52 bits per heavy atom. The molecule has 132 valence electrons. The Morgan fingerprint density at radius 3 is 2.08 bits per heavy atom. The third-order valence-electron chi connectivity index (χ3n) is 3.67. The lowest BCUT2D eigenvalue weighted by Gasteiger charge is -2.06. The van der Waals surface area contributed by atoms with Crippen LogP contribution in [0.2, 0.25) is 0 Å². The SMILES string of the molecule is COc1ccc(CCNC(=O)/C=C/c2cc(OC)cc(OC)c2)cc1. The van der Waals surface area contributed by atoms with E-state index >= 15 is 0 Å². The van der Waals surface area contributed by atoms with Crippen LogP contribution in [-0.2, 0) is 11.2 Å². The van der Waals surface area contributed by atoms with Crippen molar-refractivity contribution in [1.82, 2.24) is 5.32 Å². The number of nitrogens with one attached hydrogen (secondary N) is 1. The molecule has 0 aliphatic rings.